The van der Waals surface area contributed by atoms with E-state index in [1.807, 2.05) is 23.1 Å². The molecule has 1 atom stereocenters. The summed E-state index contributed by atoms with van der Waals surface area (Å²) in [7, 11) is 0. The predicted molar refractivity (Wildman–Crippen MR) is 161 cm³/mol. The van der Waals surface area contributed by atoms with Crippen LogP contribution in [-0.2, 0) is 9.53 Å². The number of pyridine rings is 1. The zero-order chi connectivity index (χ0) is 31.1. The van der Waals surface area contributed by atoms with Gasteiger partial charge in [0.15, 0.2) is 0 Å². The number of hydrogen-bond donors (Lipinski definition) is 3. The Morgan fingerprint density at radius 1 is 1.14 bits per heavy atom. The van der Waals surface area contributed by atoms with Crippen molar-refractivity contribution in [1.82, 2.24) is 24.8 Å². The number of aliphatic hydroxyl groups is 1. The second-order valence-electron chi connectivity index (χ2n) is 12.9. The molecule has 1 unspecified atom stereocenters. The average Bonchev–Trinajstić information content (AvgIpc) is 3.47. The maximum atomic E-state index is 14.5. The molecule has 2 bridgehead atoms. The van der Waals surface area contributed by atoms with Crippen LogP contribution < -0.4 is 10.6 Å². The Labute approximate surface area is 255 Å². The van der Waals surface area contributed by atoms with Crippen LogP contribution in [0.1, 0.15) is 68.3 Å². The van der Waals surface area contributed by atoms with Gasteiger partial charge >= 0.3 is 0 Å². The Kier molecular flexibility index (Phi) is 7.80. The highest BCUT2D eigenvalue weighted by Crippen LogP contribution is 2.54. The van der Waals surface area contributed by atoms with E-state index in [4.69, 9.17) is 4.74 Å². The highest BCUT2D eigenvalue weighted by Gasteiger charge is 2.53. The van der Waals surface area contributed by atoms with E-state index in [0.29, 0.717) is 48.9 Å². The summed E-state index contributed by atoms with van der Waals surface area (Å²) in [6.07, 6.45) is 5.93. The van der Waals surface area contributed by atoms with Crippen molar-refractivity contribution in [3.05, 3.63) is 47.8 Å². The quantitative estimate of drug-likeness (QED) is 0.355. The average molecular weight is 604 g/mol. The zero-order valence-electron chi connectivity index (χ0n) is 25.1. The minimum absolute atomic E-state index is 0.236. The van der Waals surface area contributed by atoms with Crippen LogP contribution in [0.4, 0.5) is 10.1 Å². The molecule has 4 fully saturated rings. The van der Waals surface area contributed by atoms with Gasteiger partial charge in [0.1, 0.15) is 12.2 Å². The molecule has 3 aromatic heterocycles. The summed E-state index contributed by atoms with van der Waals surface area (Å²) in [4.78, 5) is 33.5. The number of carbonyl (C=O) groups excluding carboxylic acids is 2. The third-order valence-corrected chi connectivity index (χ3v) is 9.65. The molecule has 4 heterocycles. The fourth-order valence-electron chi connectivity index (χ4n) is 6.74. The standard InChI is InChI=1S/C32H38FN7O4/c1-30(2,43)27(33)20-36-28(41)23-19-35-25(26-4-3-22-15-21(17-34)18-37-40(22)26)16-24(23)38-32-8-5-31(6-9-32,7-10-32)29(42)39-11-13-44-14-12-39/h3-4,15-16,18-19,27,43H,5-14,20H2,1-2H3,(H,35,38)(H,36,41). The van der Waals surface area contributed by atoms with Gasteiger partial charge in [0.25, 0.3) is 5.91 Å². The topological polar surface area (TPSA) is 145 Å². The van der Waals surface area contributed by atoms with Crippen molar-refractivity contribution in [2.24, 2.45) is 5.41 Å². The number of carbonyl (C=O) groups is 2. The first-order chi connectivity index (χ1) is 21.0. The molecule has 1 saturated heterocycles. The molecular formula is C32H38FN7O4. The van der Waals surface area contributed by atoms with E-state index in [1.165, 1.54) is 26.2 Å². The highest BCUT2D eigenvalue weighted by atomic mass is 19.1. The van der Waals surface area contributed by atoms with Crippen molar-refractivity contribution in [2.45, 2.75) is 69.7 Å². The van der Waals surface area contributed by atoms with Gasteiger partial charge in [0.2, 0.25) is 5.91 Å². The molecule has 3 aromatic rings. The number of anilines is 1. The fourth-order valence-corrected chi connectivity index (χ4v) is 6.74. The van der Waals surface area contributed by atoms with Crippen LogP contribution >= 0.6 is 0 Å². The second kappa shape index (κ2) is 11.4. The maximum Gasteiger partial charge on any atom is 0.255 e. The number of hydrogen-bond acceptors (Lipinski definition) is 8. The highest BCUT2D eigenvalue weighted by molar-refractivity contribution is 6.00. The monoisotopic (exact) mass is 603 g/mol. The number of amides is 2. The van der Waals surface area contributed by atoms with Crippen LogP contribution in [0.3, 0.4) is 0 Å². The van der Waals surface area contributed by atoms with Crippen molar-refractivity contribution in [2.75, 3.05) is 38.2 Å². The van der Waals surface area contributed by atoms with Crippen molar-refractivity contribution in [3.63, 3.8) is 0 Å². The van der Waals surface area contributed by atoms with Gasteiger partial charge in [-0.15, -0.1) is 0 Å². The van der Waals surface area contributed by atoms with E-state index in [1.54, 1.807) is 10.6 Å². The molecule has 0 aromatic carbocycles. The summed E-state index contributed by atoms with van der Waals surface area (Å²) in [5.74, 6) is -0.268. The number of halogens is 1. The first-order valence-electron chi connectivity index (χ1n) is 15.2. The summed E-state index contributed by atoms with van der Waals surface area (Å²) >= 11 is 0. The van der Waals surface area contributed by atoms with E-state index in [9.17, 15) is 24.3 Å². The summed E-state index contributed by atoms with van der Waals surface area (Å²) in [6.45, 7) is 4.79. The largest absolute Gasteiger partial charge is 0.387 e. The van der Waals surface area contributed by atoms with Gasteiger partial charge in [-0.3, -0.25) is 14.6 Å². The van der Waals surface area contributed by atoms with Gasteiger partial charge < -0.3 is 25.4 Å². The maximum absolute atomic E-state index is 14.5. The van der Waals surface area contributed by atoms with Crippen LogP contribution in [0.15, 0.2) is 36.7 Å². The molecular weight excluding hydrogens is 565 g/mol. The Balaban J connectivity index is 1.28. The number of nitrogens with one attached hydrogen (secondary N) is 2. The van der Waals surface area contributed by atoms with E-state index >= 15 is 0 Å². The smallest absolute Gasteiger partial charge is 0.255 e. The van der Waals surface area contributed by atoms with E-state index < -0.39 is 17.7 Å². The Bertz CT molecular complexity index is 1590. The summed E-state index contributed by atoms with van der Waals surface area (Å²) in [5.41, 5.74) is 0.997. The Morgan fingerprint density at radius 3 is 2.50 bits per heavy atom. The lowest BCUT2D eigenvalue weighted by atomic mass is 9.56. The van der Waals surface area contributed by atoms with Gasteiger partial charge in [0.05, 0.1) is 65.3 Å². The van der Waals surface area contributed by atoms with Gasteiger partial charge in [-0.05, 0) is 76.6 Å². The minimum Gasteiger partial charge on any atom is -0.387 e. The second-order valence-corrected chi connectivity index (χ2v) is 12.9. The van der Waals surface area contributed by atoms with Crippen molar-refractivity contribution < 1.29 is 23.8 Å². The molecule has 3 N–H and O–H groups in total. The van der Waals surface area contributed by atoms with Crippen LogP contribution in [0.25, 0.3) is 16.9 Å². The molecule has 0 spiro atoms. The molecule has 3 saturated carbocycles. The molecule has 44 heavy (non-hydrogen) atoms. The molecule has 0 radical (unpaired) electrons. The molecule has 1 aliphatic heterocycles. The third-order valence-electron chi connectivity index (χ3n) is 9.65. The van der Waals surface area contributed by atoms with Crippen molar-refractivity contribution in [1.29, 1.82) is 5.26 Å². The number of morpholine rings is 1. The van der Waals surface area contributed by atoms with Crippen molar-refractivity contribution >= 4 is 23.0 Å². The first kappa shape index (κ1) is 30.0. The molecule has 7 rings (SSSR count). The van der Waals surface area contributed by atoms with Crippen LogP contribution in [0, 0.1) is 16.7 Å². The Morgan fingerprint density at radius 2 is 1.84 bits per heavy atom. The minimum atomic E-state index is -1.65. The van der Waals surface area contributed by atoms with Gasteiger partial charge in [-0.2, -0.15) is 10.4 Å². The number of ether oxygens (including phenoxy) is 1. The lowest BCUT2D eigenvalue weighted by Gasteiger charge is -2.54. The van der Waals surface area contributed by atoms with E-state index in [0.717, 1.165) is 44.0 Å². The van der Waals surface area contributed by atoms with E-state index in [-0.39, 0.29) is 29.0 Å². The van der Waals surface area contributed by atoms with Gasteiger partial charge in [0, 0.05) is 30.2 Å². The summed E-state index contributed by atoms with van der Waals surface area (Å²) < 4.78 is 21.6. The molecule has 232 valence electrons. The van der Waals surface area contributed by atoms with E-state index in [2.05, 4.69) is 26.8 Å². The van der Waals surface area contributed by atoms with Gasteiger partial charge in [-0.1, -0.05) is 0 Å². The van der Waals surface area contributed by atoms with Crippen molar-refractivity contribution in [3.8, 4) is 17.5 Å². The summed E-state index contributed by atoms with van der Waals surface area (Å²) in [6, 6.07) is 9.35. The molecule has 2 amide bonds. The predicted octanol–water partition coefficient (Wildman–Crippen LogP) is 3.47. The summed E-state index contributed by atoms with van der Waals surface area (Å²) in [5, 5.41) is 30.0. The molecule has 11 nitrogen and oxygen atoms in total. The SMILES string of the molecule is CC(C)(O)C(F)CNC(=O)c1cnc(-c2ccc3cc(C#N)cnn23)cc1NC12CCC(C(=O)N3CCOCC3)(CC1)CC2. The molecule has 4 aliphatic rings. The van der Waals surface area contributed by atoms with Crippen LogP contribution in [-0.4, -0.2) is 86.6 Å². The molecule has 12 heteroatoms. The van der Waals surface area contributed by atoms with Crippen LogP contribution in [0.2, 0.25) is 0 Å². The lowest BCUT2D eigenvalue weighted by molar-refractivity contribution is -0.152. The number of aromatic nitrogens is 3. The fraction of sp³-hybridized carbons (Fsp3) is 0.531. The Hall–Kier alpha value is -4.08. The number of nitriles is 1. The number of alkyl halides is 1. The lowest BCUT2D eigenvalue weighted by Crippen LogP contribution is -2.57. The molecule has 3 aliphatic carbocycles. The number of fused-ring (bicyclic) bond motifs is 4. The van der Waals surface area contributed by atoms with Gasteiger partial charge in [-0.25, -0.2) is 8.91 Å². The third kappa shape index (κ3) is 5.62. The van der Waals surface area contributed by atoms with Crippen LogP contribution in [0.5, 0.6) is 0 Å². The normalized spacial score (nSPS) is 24.1. The zero-order valence-corrected chi connectivity index (χ0v) is 25.1. The number of nitrogens with zero attached hydrogens (tertiary/aromatic N) is 5. The number of rotatable bonds is 8. The first-order valence-corrected chi connectivity index (χ1v) is 15.2.